The van der Waals surface area contributed by atoms with Gasteiger partial charge in [0.2, 0.25) is 10.0 Å². The largest absolute Gasteiger partial charge is 0.399 e. The van der Waals surface area contributed by atoms with E-state index in [0.717, 1.165) is 0 Å². The summed E-state index contributed by atoms with van der Waals surface area (Å²) < 4.78 is 26.8. The number of benzene rings is 1. The minimum absolute atomic E-state index is 0.0576. The third kappa shape index (κ3) is 5.64. The van der Waals surface area contributed by atoms with Crippen molar-refractivity contribution in [3.63, 3.8) is 0 Å². The van der Waals surface area contributed by atoms with Gasteiger partial charge in [0.15, 0.2) is 0 Å². The van der Waals surface area contributed by atoms with Crippen LogP contribution in [0.25, 0.3) is 0 Å². The molecule has 120 valence electrons. The Morgan fingerprint density at radius 3 is 2.19 bits per heavy atom. The summed E-state index contributed by atoms with van der Waals surface area (Å²) in [4.78, 5) is -0.233. The molecule has 0 aromatic heterocycles. The van der Waals surface area contributed by atoms with Gasteiger partial charge in [-0.2, -0.15) is 0 Å². The van der Waals surface area contributed by atoms with Crippen LogP contribution in [0.4, 0.5) is 5.69 Å². The lowest BCUT2D eigenvalue weighted by Crippen LogP contribution is -2.34. The number of aliphatic hydroxyl groups excluding tert-OH is 1. The molecule has 0 heterocycles. The van der Waals surface area contributed by atoms with Gasteiger partial charge in [-0.3, -0.25) is 0 Å². The highest BCUT2D eigenvalue weighted by Crippen LogP contribution is 2.31. The lowest BCUT2D eigenvalue weighted by atomic mass is 9.89. The van der Waals surface area contributed by atoms with Crippen LogP contribution in [-0.4, -0.2) is 26.2 Å². The van der Waals surface area contributed by atoms with Crippen LogP contribution in [0.3, 0.4) is 0 Å². The molecule has 0 saturated heterocycles. The minimum atomic E-state index is -3.92. The number of halogens is 2. The van der Waals surface area contributed by atoms with Crippen molar-refractivity contribution in [2.75, 3.05) is 12.3 Å². The van der Waals surface area contributed by atoms with E-state index in [2.05, 4.69) is 4.72 Å². The number of nitrogen functional groups attached to an aromatic ring is 1. The second kappa shape index (κ2) is 6.71. The van der Waals surface area contributed by atoms with E-state index in [1.165, 1.54) is 12.1 Å². The fourth-order valence-corrected chi connectivity index (χ4v) is 4.19. The number of aliphatic hydroxyl groups is 1. The van der Waals surface area contributed by atoms with E-state index in [1.54, 1.807) is 0 Å². The average Bonchev–Trinajstić information content (AvgIpc) is 2.22. The molecule has 0 aliphatic carbocycles. The molecular weight excluding hydrogens is 335 g/mol. The van der Waals surface area contributed by atoms with Crippen LogP contribution in [0.1, 0.15) is 27.2 Å². The number of hydrogen-bond donors (Lipinski definition) is 3. The Hall–Kier alpha value is -0.530. The summed E-state index contributed by atoms with van der Waals surface area (Å²) in [5, 5.41) is 9.75. The van der Waals surface area contributed by atoms with Gasteiger partial charge in [-0.15, -0.1) is 0 Å². The number of sulfonamides is 1. The molecule has 1 rings (SSSR count). The monoisotopic (exact) mass is 354 g/mol. The Morgan fingerprint density at radius 1 is 1.29 bits per heavy atom. The summed E-state index contributed by atoms with van der Waals surface area (Å²) in [6, 6.07) is 2.63. The SMILES string of the molecule is CC(C)(C)CC(O)CNS(=O)(=O)c1c(Cl)cc(N)cc1Cl. The normalized spacial score (nSPS) is 14.2. The van der Waals surface area contributed by atoms with Gasteiger partial charge in [-0.1, -0.05) is 44.0 Å². The van der Waals surface area contributed by atoms with Gasteiger partial charge >= 0.3 is 0 Å². The number of rotatable bonds is 5. The van der Waals surface area contributed by atoms with Crippen LogP contribution >= 0.6 is 23.2 Å². The molecule has 21 heavy (non-hydrogen) atoms. The Balaban J connectivity index is 2.89. The standard InChI is InChI=1S/C13H20Cl2N2O3S/c1-13(2,3)6-9(18)7-17-21(19,20)12-10(14)4-8(16)5-11(12)15/h4-5,9,17-18H,6-7,16H2,1-3H3. The Bertz CT molecular complexity index is 589. The molecule has 1 aromatic rings. The molecular formula is C13H20Cl2N2O3S. The van der Waals surface area contributed by atoms with Gasteiger partial charge in [-0.25, -0.2) is 13.1 Å². The average molecular weight is 355 g/mol. The zero-order valence-corrected chi connectivity index (χ0v) is 14.5. The van der Waals surface area contributed by atoms with E-state index in [9.17, 15) is 13.5 Å². The van der Waals surface area contributed by atoms with E-state index >= 15 is 0 Å². The molecule has 0 bridgehead atoms. The minimum Gasteiger partial charge on any atom is -0.399 e. The lowest BCUT2D eigenvalue weighted by Gasteiger charge is -2.22. The van der Waals surface area contributed by atoms with Gasteiger partial charge < -0.3 is 10.8 Å². The Kier molecular flexibility index (Phi) is 5.91. The molecule has 0 aliphatic rings. The number of hydrogen-bond acceptors (Lipinski definition) is 4. The molecule has 0 fully saturated rings. The molecule has 0 aliphatic heterocycles. The van der Waals surface area contributed by atoms with Gasteiger partial charge in [0.1, 0.15) is 4.90 Å². The van der Waals surface area contributed by atoms with Crippen LogP contribution in [-0.2, 0) is 10.0 Å². The molecule has 0 amide bonds. The molecule has 0 spiro atoms. The molecule has 1 unspecified atom stereocenters. The first-order valence-electron chi connectivity index (χ1n) is 6.34. The maximum Gasteiger partial charge on any atom is 0.243 e. The molecule has 0 saturated carbocycles. The lowest BCUT2D eigenvalue weighted by molar-refractivity contribution is 0.125. The molecule has 0 radical (unpaired) electrons. The zero-order chi connectivity index (χ0) is 16.4. The third-order valence-corrected chi connectivity index (χ3v) is 4.99. The molecule has 1 atom stereocenters. The predicted molar refractivity (Wildman–Crippen MR) is 86.1 cm³/mol. The van der Waals surface area contributed by atoms with Crippen molar-refractivity contribution in [3.8, 4) is 0 Å². The predicted octanol–water partition coefficient (Wildman–Crippen LogP) is 2.65. The molecule has 4 N–H and O–H groups in total. The highest BCUT2D eigenvalue weighted by molar-refractivity contribution is 7.89. The number of nitrogens with two attached hydrogens (primary N) is 1. The van der Waals surface area contributed by atoms with Crippen molar-refractivity contribution in [2.45, 2.75) is 38.2 Å². The Morgan fingerprint density at radius 2 is 1.76 bits per heavy atom. The van der Waals surface area contributed by atoms with Crippen molar-refractivity contribution >= 4 is 38.9 Å². The van der Waals surface area contributed by atoms with E-state index < -0.39 is 16.1 Å². The van der Waals surface area contributed by atoms with E-state index in [0.29, 0.717) is 6.42 Å². The van der Waals surface area contributed by atoms with E-state index in [-0.39, 0.29) is 32.6 Å². The summed E-state index contributed by atoms with van der Waals surface area (Å²) >= 11 is 11.8. The van der Waals surface area contributed by atoms with Crippen molar-refractivity contribution in [1.29, 1.82) is 0 Å². The summed E-state index contributed by atoms with van der Waals surface area (Å²) in [6.45, 7) is 5.76. The summed E-state index contributed by atoms with van der Waals surface area (Å²) in [6.07, 6.45) is -0.343. The maximum absolute atomic E-state index is 12.2. The number of nitrogens with one attached hydrogen (secondary N) is 1. The van der Waals surface area contributed by atoms with Crippen LogP contribution in [0.5, 0.6) is 0 Å². The van der Waals surface area contributed by atoms with E-state index in [1.807, 2.05) is 20.8 Å². The smallest absolute Gasteiger partial charge is 0.243 e. The van der Waals surface area contributed by atoms with Crippen molar-refractivity contribution < 1.29 is 13.5 Å². The molecule has 5 nitrogen and oxygen atoms in total. The highest BCUT2D eigenvalue weighted by atomic mass is 35.5. The summed E-state index contributed by atoms with van der Waals surface area (Å²) in [5.74, 6) is 0. The maximum atomic E-state index is 12.2. The van der Waals surface area contributed by atoms with Crippen LogP contribution in [0.15, 0.2) is 17.0 Å². The van der Waals surface area contributed by atoms with Gasteiger partial charge in [-0.05, 0) is 24.0 Å². The quantitative estimate of drug-likeness (QED) is 0.708. The van der Waals surface area contributed by atoms with Crippen molar-refractivity contribution in [3.05, 3.63) is 22.2 Å². The van der Waals surface area contributed by atoms with Gasteiger partial charge in [0, 0.05) is 12.2 Å². The second-order valence-corrected chi connectivity index (χ2v) is 8.60. The van der Waals surface area contributed by atoms with Crippen LogP contribution in [0.2, 0.25) is 10.0 Å². The molecule has 1 aromatic carbocycles. The van der Waals surface area contributed by atoms with Crippen LogP contribution < -0.4 is 10.5 Å². The summed E-state index contributed by atoms with van der Waals surface area (Å²) in [7, 11) is -3.92. The topological polar surface area (TPSA) is 92.4 Å². The highest BCUT2D eigenvalue weighted by Gasteiger charge is 2.24. The first-order chi connectivity index (χ1) is 9.42. The Labute approximate surface area is 135 Å². The fourth-order valence-electron chi connectivity index (χ4n) is 1.89. The van der Waals surface area contributed by atoms with Gasteiger partial charge in [0.25, 0.3) is 0 Å². The summed E-state index contributed by atoms with van der Waals surface area (Å²) in [5.41, 5.74) is 5.70. The second-order valence-electron chi connectivity index (χ2n) is 6.08. The molecule has 8 heteroatoms. The first kappa shape index (κ1) is 18.5. The van der Waals surface area contributed by atoms with E-state index in [4.69, 9.17) is 28.9 Å². The number of anilines is 1. The third-order valence-electron chi connectivity index (χ3n) is 2.65. The zero-order valence-electron chi connectivity index (χ0n) is 12.2. The fraction of sp³-hybridized carbons (Fsp3) is 0.538. The van der Waals surface area contributed by atoms with Gasteiger partial charge in [0.05, 0.1) is 16.1 Å². The van der Waals surface area contributed by atoms with Crippen molar-refractivity contribution in [1.82, 2.24) is 4.72 Å². The van der Waals surface area contributed by atoms with Crippen molar-refractivity contribution in [2.24, 2.45) is 5.41 Å². The van der Waals surface area contributed by atoms with Crippen LogP contribution in [0, 0.1) is 5.41 Å². The first-order valence-corrected chi connectivity index (χ1v) is 8.58.